The molecular weight excluding hydrogens is 751 g/mol. The Hall–Kier alpha value is -6.64. The standard InChI is InChI=1S/C60H53NO/c1-58(2,3)42-22-18-38(19-23-42)49-31-41-28-43(59(4,5)6)33-51-54(41)55-50(49)32-44(60(7,8)9)34-52(55)57-56(51)48-27-26-47(35-53(48)62-57)61(45-24-20-36-14-10-12-16-39(36)29-45)46-25-21-37-15-11-13-17-40(37)30-46/h10-35H,1-9H3. The summed E-state index contributed by atoms with van der Waals surface area (Å²) in [7, 11) is 0. The number of anilines is 3. The summed E-state index contributed by atoms with van der Waals surface area (Å²) in [6, 6.07) is 59.2. The number of hydrogen-bond acceptors (Lipinski definition) is 2. The Labute approximate surface area is 364 Å². The van der Waals surface area contributed by atoms with Gasteiger partial charge in [-0.05, 0) is 148 Å². The molecule has 2 heteroatoms. The molecule has 0 aliphatic heterocycles. The Morgan fingerprint density at radius 1 is 0.355 bits per heavy atom. The number of rotatable bonds is 4. The summed E-state index contributed by atoms with van der Waals surface area (Å²) < 4.78 is 7.34. The number of fused-ring (bicyclic) bond motifs is 7. The fourth-order valence-electron chi connectivity index (χ4n) is 9.81. The Morgan fingerprint density at radius 2 is 0.871 bits per heavy atom. The fourth-order valence-corrected chi connectivity index (χ4v) is 9.81. The highest BCUT2D eigenvalue weighted by molar-refractivity contribution is 6.38. The van der Waals surface area contributed by atoms with Crippen LogP contribution in [0.5, 0.6) is 0 Å². The molecule has 11 aromatic rings. The van der Waals surface area contributed by atoms with Gasteiger partial charge in [-0.2, -0.15) is 0 Å². The average Bonchev–Trinajstić information content (AvgIpc) is 3.64. The number of furan rings is 1. The molecule has 0 fully saturated rings. The lowest BCUT2D eigenvalue weighted by Crippen LogP contribution is -2.12. The lowest BCUT2D eigenvalue weighted by molar-refractivity contribution is 0.590. The fraction of sp³-hybridized carbons (Fsp3) is 0.200. The van der Waals surface area contributed by atoms with Crippen molar-refractivity contribution in [1.82, 2.24) is 0 Å². The van der Waals surface area contributed by atoms with Gasteiger partial charge in [0.1, 0.15) is 11.2 Å². The monoisotopic (exact) mass is 803 g/mol. The Kier molecular flexibility index (Phi) is 8.29. The minimum absolute atomic E-state index is 0.0579. The molecule has 0 bridgehead atoms. The van der Waals surface area contributed by atoms with Crippen LogP contribution in [-0.4, -0.2) is 0 Å². The summed E-state index contributed by atoms with van der Waals surface area (Å²) in [6.45, 7) is 20.8. The van der Waals surface area contributed by atoms with Gasteiger partial charge in [-0.3, -0.25) is 0 Å². The summed E-state index contributed by atoms with van der Waals surface area (Å²) in [5.41, 5.74) is 11.5. The van der Waals surface area contributed by atoms with Crippen LogP contribution in [0.1, 0.15) is 79.0 Å². The second-order valence-corrected chi connectivity index (χ2v) is 20.7. The summed E-state index contributed by atoms with van der Waals surface area (Å²) >= 11 is 0. The predicted molar refractivity (Wildman–Crippen MR) is 269 cm³/mol. The van der Waals surface area contributed by atoms with Gasteiger partial charge in [0.05, 0.1) is 0 Å². The predicted octanol–water partition coefficient (Wildman–Crippen LogP) is 17.8. The number of benzene rings is 10. The molecule has 0 atom stereocenters. The lowest BCUT2D eigenvalue weighted by Gasteiger charge is -2.26. The van der Waals surface area contributed by atoms with E-state index in [-0.39, 0.29) is 16.2 Å². The van der Waals surface area contributed by atoms with Crippen LogP contribution in [-0.2, 0) is 16.2 Å². The summed E-state index contributed by atoms with van der Waals surface area (Å²) in [5, 5.41) is 14.8. The Morgan fingerprint density at radius 3 is 1.47 bits per heavy atom. The SMILES string of the molecule is CC(C)(C)c1ccc(-c2cc3cc(C(C)(C)C)cc4c5c6ccc(N(c7ccc8ccccc8c7)c7ccc8ccccc8c7)cc6oc5c5cc(C(C)(C)C)cc2c5c34)cc1. The normalized spacial score (nSPS) is 12.9. The summed E-state index contributed by atoms with van der Waals surface area (Å²) in [4.78, 5) is 2.38. The third-order valence-corrected chi connectivity index (χ3v) is 13.4. The van der Waals surface area contributed by atoms with E-state index in [0.717, 1.165) is 33.6 Å². The second kappa shape index (κ2) is 13.4. The van der Waals surface area contributed by atoms with Crippen LogP contribution in [0.3, 0.4) is 0 Å². The van der Waals surface area contributed by atoms with Crippen molar-refractivity contribution in [2.45, 2.75) is 78.6 Å². The van der Waals surface area contributed by atoms with Crippen LogP contribution in [0.15, 0.2) is 162 Å². The molecule has 10 aromatic carbocycles. The smallest absolute Gasteiger partial charge is 0.143 e. The second-order valence-electron chi connectivity index (χ2n) is 20.7. The molecule has 0 aliphatic rings. The molecule has 0 saturated heterocycles. The lowest BCUT2D eigenvalue weighted by atomic mass is 9.78. The molecule has 0 radical (unpaired) electrons. The van der Waals surface area contributed by atoms with E-state index < -0.39 is 0 Å². The number of hydrogen-bond donors (Lipinski definition) is 0. The number of nitrogens with zero attached hydrogens (tertiary/aromatic N) is 1. The summed E-state index contributed by atoms with van der Waals surface area (Å²) in [6.07, 6.45) is 0. The van der Waals surface area contributed by atoms with Gasteiger partial charge >= 0.3 is 0 Å². The zero-order valence-corrected chi connectivity index (χ0v) is 37.4. The molecule has 0 unspecified atom stereocenters. The van der Waals surface area contributed by atoms with E-state index in [1.165, 1.54) is 87.1 Å². The van der Waals surface area contributed by atoms with Crippen molar-refractivity contribution in [3.05, 3.63) is 174 Å². The van der Waals surface area contributed by atoms with E-state index in [1.807, 2.05) is 0 Å². The topological polar surface area (TPSA) is 16.4 Å². The highest BCUT2D eigenvalue weighted by atomic mass is 16.3. The first-order chi connectivity index (χ1) is 29.6. The molecule has 1 aromatic heterocycles. The van der Waals surface area contributed by atoms with Gasteiger partial charge in [0.2, 0.25) is 0 Å². The third-order valence-electron chi connectivity index (χ3n) is 13.4. The first-order valence-corrected chi connectivity index (χ1v) is 22.2. The van der Waals surface area contributed by atoms with E-state index in [9.17, 15) is 0 Å². The van der Waals surface area contributed by atoms with Crippen LogP contribution < -0.4 is 4.90 Å². The third kappa shape index (κ3) is 6.14. The van der Waals surface area contributed by atoms with Crippen LogP contribution in [0.25, 0.3) is 86.9 Å². The van der Waals surface area contributed by atoms with Crippen LogP contribution in [0.4, 0.5) is 17.1 Å². The Balaban J connectivity index is 1.22. The van der Waals surface area contributed by atoms with Crippen LogP contribution >= 0.6 is 0 Å². The van der Waals surface area contributed by atoms with Crippen molar-refractivity contribution in [1.29, 1.82) is 0 Å². The molecule has 62 heavy (non-hydrogen) atoms. The first-order valence-electron chi connectivity index (χ1n) is 22.2. The van der Waals surface area contributed by atoms with Gasteiger partial charge in [0.25, 0.3) is 0 Å². The zero-order valence-electron chi connectivity index (χ0n) is 37.4. The Bertz CT molecular complexity index is 3480. The van der Waals surface area contributed by atoms with Crippen molar-refractivity contribution in [3.63, 3.8) is 0 Å². The molecule has 11 rings (SSSR count). The van der Waals surface area contributed by atoms with Crippen molar-refractivity contribution in [2.75, 3.05) is 4.90 Å². The minimum Gasteiger partial charge on any atom is -0.455 e. The van der Waals surface area contributed by atoms with Gasteiger partial charge < -0.3 is 9.32 Å². The minimum atomic E-state index is -0.0804. The van der Waals surface area contributed by atoms with Crippen molar-refractivity contribution in [3.8, 4) is 11.1 Å². The van der Waals surface area contributed by atoms with Crippen LogP contribution in [0.2, 0.25) is 0 Å². The van der Waals surface area contributed by atoms with Crippen molar-refractivity contribution < 1.29 is 4.42 Å². The zero-order chi connectivity index (χ0) is 42.9. The molecule has 0 saturated carbocycles. The molecule has 0 aliphatic carbocycles. The molecular formula is C60H53NO. The van der Waals surface area contributed by atoms with Crippen molar-refractivity contribution in [2.24, 2.45) is 0 Å². The van der Waals surface area contributed by atoms with Crippen LogP contribution in [0, 0.1) is 0 Å². The van der Waals surface area contributed by atoms with E-state index >= 15 is 0 Å². The van der Waals surface area contributed by atoms with Gasteiger partial charge in [0, 0.05) is 44.7 Å². The maximum Gasteiger partial charge on any atom is 0.143 e. The van der Waals surface area contributed by atoms with Gasteiger partial charge in [-0.1, -0.05) is 153 Å². The molecule has 2 nitrogen and oxygen atoms in total. The highest BCUT2D eigenvalue weighted by Gasteiger charge is 2.27. The molecule has 304 valence electrons. The van der Waals surface area contributed by atoms with E-state index in [1.54, 1.807) is 0 Å². The molecule has 0 amide bonds. The van der Waals surface area contributed by atoms with E-state index in [4.69, 9.17) is 4.42 Å². The summed E-state index contributed by atoms with van der Waals surface area (Å²) in [5.74, 6) is 0. The van der Waals surface area contributed by atoms with Gasteiger partial charge in [-0.25, -0.2) is 0 Å². The quantitative estimate of drug-likeness (QED) is 0.165. The maximum atomic E-state index is 7.34. The molecule has 1 heterocycles. The largest absolute Gasteiger partial charge is 0.455 e. The highest BCUT2D eigenvalue weighted by Crippen LogP contribution is 2.50. The van der Waals surface area contributed by atoms with Gasteiger partial charge in [-0.15, -0.1) is 0 Å². The molecule has 0 N–H and O–H groups in total. The first kappa shape index (κ1) is 38.3. The van der Waals surface area contributed by atoms with Crippen molar-refractivity contribution >= 4 is 92.9 Å². The molecule has 0 spiro atoms. The maximum absolute atomic E-state index is 7.34. The average molecular weight is 804 g/mol. The van der Waals surface area contributed by atoms with E-state index in [2.05, 4.69) is 225 Å². The van der Waals surface area contributed by atoms with Gasteiger partial charge in [0.15, 0.2) is 0 Å². The van der Waals surface area contributed by atoms with E-state index in [0.29, 0.717) is 0 Å².